The second-order valence-electron chi connectivity index (χ2n) is 5.23. The van der Waals surface area contributed by atoms with E-state index in [1.807, 2.05) is 0 Å². The van der Waals surface area contributed by atoms with Gasteiger partial charge in [0.25, 0.3) is 0 Å². The molecule has 2 nitrogen and oxygen atoms in total. The Bertz CT molecular complexity index is 609. The maximum atomic E-state index is 12.1. The third-order valence-electron chi connectivity index (χ3n) is 3.01. The molecule has 0 unspecified atom stereocenters. The van der Waals surface area contributed by atoms with Crippen LogP contribution in [-0.4, -0.2) is 22.1 Å². The average molecular weight is 379 g/mol. The van der Waals surface area contributed by atoms with Gasteiger partial charge >= 0.3 is 6.18 Å². The molecule has 8 heteroatoms. The van der Waals surface area contributed by atoms with Crippen LogP contribution in [0.4, 0.5) is 13.2 Å². The van der Waals surface area contributed by atoms with Gasteiger partial charge in [-0.1, -0.05) is 73.0 Å². The third-order valence-corrected chi connectivity index (χ3v) is 6.27. The van der Waals surface area contributed by atoms with Crippen molar-refractivity contribution in [3.63, 3.8) is 0 Å². The van der Waals surface area contributed by atoms with Crippen LogP contribution >= 0.6 is 34.9 Å². The molecular weight excluding hydrogens is 361 g/mol. The van der Waals surface area contributed by atoms with Crippen LogP contribution in [0.3, 0.4) is 0 Å². The molecule has 2 rings (SSSR count). The molecule has 23 heavy (non-hydrogen) atoms. The highest BCUT2D eigenvalue weighted by Crippen LogP contribution is 2.32. The molecule has 0 N–H and O–H groups in total. The largest absolute Gasteiger partial charge is 0.389 e. The van der Waals surface area contributed by atoms with E-state index in [-0.39, 0.29) is 5.75 Å². The molecule has 2 aromatic rings. The van der Waals surface area contributed by atoms with Crippen LogP contribution < -0.4 is 0 Å². The van der Waals surface area contributed by atoms with E-state index in [4.69, 9.17) is 0 Å². The fourth-order valence-corrected chi connectivity index (χ4v) is 4.74. The normalized spacial score (nSPS) is 12.1. The van der Waals surface area contributed by atoms with Crippen LogP contribution in [0.2, 0.25) is 0 Å². The van der Waals surface area contributed by atoms with Gasteiger partial charge in [0.05, 0.1) is 6.42 Å². The van der Waals surface area contributed by atoms with E-state index < -0.39 is 12.6 Å². The monoisotopic (exact) mass is 378 g/mol. The van der Waals surface area contributed by atoms with E-state index in [2.05, 4.69) is 48.3 Å². The van der Waals surface area contributed by atoms with Gasteiger partial charge in [0.15, 0.2) is 8.68 Å². The number of halogens is 3. The second kappa shape index (κ2) is 8.39. The molecule has 0 bridgehead atoms. The van der Waals surface area contributed by atoms with Crippen LogP contribution in [0.15, 0.2) is 32.9 Å². The molecular formula is C15H17F3N2S3. The first-order chi connectivity index (χ1) is 10.8. The first-order valence-corrected chi connectivity index (χ1v) is 9.87. The molecule has 1 heterocycles. The van der Waals surface area contributed by atoms with Gasteiger partial charge in [-0.15, -0.1) is 10.2 Å². The SMILES string of the molecule is CC(C)c1ccc(CSc2nnc(SCCC(F)(F)F)s2)cc1. The summed E-state index contributed by atoms with van der Waals surface area (Å²) in [6.07, 6.45) is -4.92. The number of nitrogens with zero attached hydrogens (tertiary/aromatic N) is 2. The molecule has 1 aromatic carbocycles. The van der Waals surface area contributed by atoms with Crippen molar-refractivity contribution in [2.45, 2.75) is 46.8 Å². The molecule has 0 saturated heterocycles. The highest BCUT2D eigenvalue weighted by atomic mass is 32.2. The maximum absolute atomic E-state index is 12.1. The Labute approximate surface area is 146 Å². The Morgan fingerprint density at radius 3 is 2.22 bits per heavy atom. The summed E-state index contributed by atoms with van der Waals surface area (Å²) >= 11 is 4.01. The molecule has 0 amide bonds. The molecule has 0 aliphatic heterocycles. The zero-order chi connectivity index (χ0) is 16.9. The van der Waals surface area contributed by atoms with Crippen LogP contribution in [0.25, 0.3) is 0 Å². The lowest BCUT2D eigenvalue weighted by Crippen LogP contribution is -2.07. The molecule has 1 aromatic heterocycles. The molecule has 0 radical (unpaired) electrons. The number of hydrogen-bond acceptors (Lipinski definition) is 5. The van der Waals surface area contributed by atoms with Gasteiger partial charge in [0.1, 0.15) is 0 Å². The summed E-state index contributed by atoms with van der Waals surface area (Å²) in [7, 11) is 0. The fourth-order valence-electron chi connectivity index (χ4n) is 1.71. The maximum Gasteiger partial charge on any atom is 0.389 e. The number of benzene rings is 1. The minimum absolute atomic E-state index is 0.0144. The Hall–Kier alpha value is -0.730. The average Bonchev–Trinajstić information content (AvgIpc) is 2.92. The highest BCUT2D eigenvalue weighted by Gasteiger charge is 2.26. The topological polar surface area (TPSA) is 25.8 Å². The highest BCUT2D eigenvalue weighted by molar-refractivity contribution is 8.02. The molecule has 0 spiro atoms. The predicted octanol–water partition coefficient (Wildman–Crippen LogP) is 6.00. The van der Waals surface area contributed by atoms with Crippen molar-refractivity contribution in [3.05, 3.63) is 35.4 Å². The minimum atomic E-state index is -4.11. The lowest BCUT2D eigenvalue weighted by molar-refractivity contribution is -0.129. The number of alkyl halides is 3. The summed E-state index contributed by atoms with van der Waals surface area (Å²) in [6, 6.07) is 8.45. The zero-order valence-electron chi connectivity index (χ0n) is 12.8. The Kier molecular flexibility index (Phi) is 6.79. The molecule has 0 aliphatic carbocycles. The standard InChI is InChI=1S/C15H17F3N2S3/c1-10(2)12-5-3-11(4-6-12)9-22-14-20-19-13(23-14)21-8-7-15(16,17)18/h3-6,10H,7-9H2,1-2H3. The smallest absolute Gasteiger partial charge is 0.171 e. The van der Waals surface area contributed by atoms with E-state index in [0.717, 1.165) is 21.9 Å². The lowest BCUT2D eigenvalue weighted by Gasteiger charge is -2.06. The van der Waals surface area contributed by atoms with E-state index in [0.29, 0.717) is 10.3 Å². The number of aromatic nitrogens is 2. The van der Waals surface area contributed by atoms with Gasteiger partial charge in [-0.3, -0.25) is 0 Å². The first kappa shape index (κ1) is 18.6. The number of rotatable bonds is 7. The van der Waals surface area contributed by atoms with Crippen LogP contribution in [0, 0.1) is 0 Å². The van der Waals surface area contributed by atoms with Gasteiger partial charge in [0.2, 0.25) is 0 Å². The van der Waals surface area contributed by atoms with Crippen molar-refractivity contribution >= 4 is 34.9 Å². The minimum Gasteiger partial charge on any atom is -0.171 e. The lowest BCUT2D eigenvalue weighted by atomic mass is 10.0. The van der Waals surface area contributed by atoms with Gasteiger partial charge in [-0.2, -0.15) is 13.2 Å². The molecule has 0 aliphatic rings. The van der Waals surface area contributed by atoms with E-state index in [9.17, 15) is 13.2 Å². The van der Waals surface area contributed by atoms with Crippen molar-refractivity contribution in [3.8, 4) is 0 Å². The summed E-state index contributed by atoms with van der Waals surface area (Å²) in [6.45, 7) is 4.31. The Balaban J connectivity index is 1.80. The quantitative estimate of drug-likeness (QED) is 0.552. The van der Waals surface area contributed by atoms with Crippen molar-refractivity contribution in [1.29, 1.82) is 0 Å². The van der Waals surface area contributed by atoms with E-state index in [1.54, 1.807) is 11.8 Å². The van der Waals surface area contributed by atoms with Crippen LogP contribution in [0.5, 0.6) is 0 Å². The van der Waals surface area contributed by atoms with Gasteiger partial charge in [0, 0.05) is 11.5 Å². The summed E-state index contributed by atoms with van der Waals surface area (Å²) in [5.41, 5.74) is 2.50. The number of thioether (sulfide) groups is 2. The summed E-state index contributed by atoms with van der Waals surface area (Å²) in [5.74, 6) is 1.27. The summed E-state index contributed by atoms with van der Waals surface area (Å²) in [5, 5.41) is 7.95. The number of hydrogen-bond donors (Lipinski definition) is 0. The van der Waals surface area contributed by atoms with Crippen LogP contribution in [-0.2, 0) is 5.75 Å². The molecule has 0 saturated carbocycles. The van der Waals surface area contributed by atoms with Gasteiger partial charge in [-0.25, -0.2) is 0 Å². The van der Waals surface area contributed by atoms with Gasteiger partial charge in [-0.05, 0) is 17.0 Å². The van der Waals surface area contributed by atoms with Crippen molar-refractivity contribution in [2.75, 3.05) is 5.75 Å². The van der Waals surface area contributed by atoms with E-state index >= 15 is 0 Å². The van der Waals surface area contributed by atoms with Gasteiger partial charge < -0.3 is 0 Å². The molecule has 0 atom stereocenters. The summed E-state index contributed by atoms with van der Waals surface area (Å²) < 4.78 is 37.7. The summed E-state index contributed by atoms with van der Waals surface area (Å²) in [4.78, 5) is 0. The Morgan fingerprint density at radius 1 is 1.04 bits per heavy atom. The predicted molar refractivity (Wildman–Crippen MR) is 91.4 cm³/mol. The van der Waals surface area contributed by atoms with Crippen molar-refractivity contribution in [1.82, 2.24) is 10.2 Å². The Morgan fingerprint density at radius 2 is 1.65 bits per heavy atom. The fraction of sp³-hybridized carbons (Fsp3) is 0.467. The van der Waals surface area contributed by atoms with Crippen LogP contribution in [0.1, 0.15) is 37.3 Å². The zero-order valence-corrected chi connectivity index (χ0v) is 15.2. The van der Waals surface area contributed by atoms with E-state index in [1.165, 1.54) is 22.5 Å². The molecule has 0 fully saturated rings. The van der Waals surface area contributed by atoms with Crippen molar-refractivity contribution < 1.29 is 13.2 Å². The first-order valence-electron chi connectivity index (χ1n) is 7.08. The second-order valence-corrected chi connectivity index (χ2v) is 8.77. The third kappa shape index (κ3) is 6.73. The van der Waals surface area contributed by atoms with Crippen molar-refractivity contribution in [2.24, 2.45) is 0 Å². The molecule has 126 valence electrons.